The number of anilines is 2. The molecule has 0 saturated carbocycles. The Morgan fingerprint density at radius 1 is 0.944 bits per heavy atom. The number of pyridine rings is 1. The Morgan fingerprint density at radius 2 is 1.83 bits per heavy atom. The molecule has 0 radical (unpaired) electrons. The molecule has 0 fully saturated rings. The van der Waals surface area contributed by atoms with E-state index in [4.69, 9.17) is 9.47 Å². The lowest BCUT2D eigenvalue weighted by Gasteiger charge is -2.13. The molecule has 0 saturated heterocycles. The molecule has 0 atom stereocenters. The van der Waals surface area contributed by atoms with Gasteiger partial charge >= 0.3 is 0 Å². The van der Waals surface area contributed by atoms with Crippen molar-refractivity contribution in [3.8, 4) is 17.2 Å². The van der Waals surface area contributed by atoms with Crippen molar-refractivity contribution in [2.24, 2.45) is 7.05 Å². The van der Waals surface area contributed by atoms with Gasteiger partial charge in [-0.2, -0.15) is 0 Å². The molecule has 0 bridgehead atoms. The molecule has 0 amide bonds. The zero-order valence-corrected chi connectivity index (χ0v) is 20.7. The van der Waals surface area contributed by atoms with Crippen LogP contribution in [0.5, 0.6) is 17.2 Å². The summed E-state index contributed by atoms with van der Waals surface area (Å²) in [4.78, 5) is 17.7. The minimum atomic E-state index is 0.625. The van der Waals surface area contributed by atoms with Crippen molar-refractivity contribution in [1.29, 1.82) is 0 Å². The van der Waals surface area contributed by atoms with Crippen LogP contribution in [-0.4, -0.2) is 44.2 Å². The zero-order valence-electron chi connectivity index (χ0n) is 20.7. The second kappa shape index (κ2) is 10.6. The molecule has 2 N–H and O–H groups in total. The minimum absolute atomic E-state index is 0.625. The third kappa shape index (κ3) is 5.21. The van der Waals surface area contributed by atoms with E-state index < -0.39 is 0 Å². The topological polar surface area (TPSA) is 99.0 Å². The molecule has 5 aromatic rings. The monoisotopic (exact) mass is 483 g/mol. The Labute approximate surface area is 209 Å². The number of nitrogens with one attached hydrogen (secondary N) is 2. The molecule has 3 aromatic heterocycles. The zero-order chi connectivity index (χ0) is 24.9. The van der Waals surface area contributed by atoms with E-state index in [1.165, 1.54) is 6.33 Å². The second-order valence-electron chi connectivity index (χ2n) is 8.53. The van der Waals surface area contributed by atoms with Crippen molar-refractivity contribution >= 4 is 33.6 Å². The molecule has 0 aliphatic rings. The first-order valence-electron chi connectivity index (χ1n) is 12.0. The van der Waals surface area contributed by atoms with E-state index in [0.29, 0.717) is 23.7 Å². The summed E-state index contributed by atoms with van der Waals surface area (Å²) in [6.07, 6.45) is 5.97. The average molecular weight is 484 g/mol. The Hall–Kier alpha value is -4.24. The Balaban J connectivity index is 1.28. The highest BCUT2D eigenvalue weighted by Crippen LogP contribution is 2.31. The van der Waals surface area contributed by atoms with Crippen LogP contribution in [0.2, 0.25) is 0 Å². The largest absolute Gasteiger partial charge is 0.492 e. The fourth-order valence-electron chi connectivity index (χ4n) is 3.94. The summed E-state index contributed by atoms with van der Waals surface area (Å²) in [7, 11) is 1.97. The molecule has 3 heterocycles. The molecule has 0 aliphatic carbocycles. The molecule has 0 unspecified atom stereocenters. The van der Waals surface area contributed by atoms with Gasteiger partial charge in [-0.05, 0) is 62.3 Å². The summed E-state index contributed by atoms with van der Waals surface area (Å²) in [6.45, 7) is 6.61. The van der Waals surface area contributed by atoms with Crippen LogP contribution in [-0.2, 0) is 7.05 Å². The van der Waals surface area contributed by atoms with E-state index >= 15 is 0 Å². The van der Waals surface area contributed by atoms with Crippen LogP contribution in [0, 0.1) is 6.92 Å². The van der Waals surface area contributed by atoms with Gasteiger partial charge in [0.25, 0.3) is 0 Å². The molecule has 9 nitrogen and oxygen atoms in total. The van der Waals surface area contributed by atoms with Crippen molar-refractivity contribution in [2.75, 3.05) is 25.0 Å². The third-order valence-electron chi connectivity index (χ3n) is 5.83. The van der Waals surface area contributed by atoms with E-state index in [0.717, 1.165) is 58.8 Å². The summed E-state index contributed by atoms with van der Waals surface area (Å²) in [5.74, 6) is 2.85. The van der Waals surface area contributed by atoms with Gasteiger partial charge in [-0.25, -0.2) is 19.9 Å². The van der Waals surface area contributed by atoms with Gasteiger partial charge in [0.1, 0.15) is 29.1 Å². The van der Waals surface area contributed by atoms with Gasteiger partial charge in [-0.3, -0.25) is 0 Å². The molecule has 2 aromatic carbocycles. The molecule has 5 rings (SSSR count). The van der Waals surface area contributed by atoms with Crippen molar-refractivity contribution in [3.05, 3.63) is 66.9 Å². The Bertz CT molecular complexity index is 1500. The van der Waals surface area contributed by atoms with Crippen LogP contribution in [0.1, 0.15) is 18.9 Å². The van der Waals surface area contributed by atoms with Gasteiger partial charge in [0.15, 0.2) is 5.82 Å². The maximum absolute atomic E-state index is 6.14. The highest BCUT2D eigenvalue weighted by atomic mass is 16.5. The third-order valence-corrected chi connectivity index (χ3v) is 5.83. The van der Waals surface area contributed by atoms with Crippen molar-refractivity contribution < 1.29 is 9.47 Å². The van der Waals surface area contributed by atoms with Gasteiger partial charge in [-0.15, -0.1) is 0 Å². The van der Waals surface area contributed by atoms with Crippen LogP contribution in [0.15, 0.2) is 61.3 Å². The van der Waals surface area contributed by atoms with Crippen LogP contribution >= 0.6 is 0 Å². The van der Waals surface area contributed by atoms with Gasteiger partial charge < -0.3 is 24.7 Å². The van der Waals surface area contributed by atoms with Crippen molar-refractivity contribution in [1.82, 2.24) is 29.8 Å². The number of hydrogen-bond acceptors (Lipinski definition) is 8. The maximum atomic E-state index is 6.14. The SMILES string of the molecule is CCNCCCOc1cnc2c(Nc3ccc(Oc4ccc5c(c4)ncn5C)c(C)c3)ncnc2c1. The van der Waals surface area contributed by atoms with Gasteiger partial charge in [0, 0.05) is 24.9 Å². The quantitative estimate of drug-likeness (QED) is 0.264. The lowest BCUT2D eigenvalue weighted by Crippen LogP contribution is -2.16. The van der Waals surface area contributed by atoms with Gasteiger partial charge in [-0.1, -0.05) is 6.92 Å². The average Bonchev–Trinajstić information content (AvgIpc) is 3.25. The van der Waals surface area contributed by atoms with Crippen LogP contribution < -0.4 is 20.1 Å². The standard InChI is InChI=1S/C27H29N7O2/c1-4-28-10-5-11-35-21-14-23-26(29-15-21)27(31-16-30-23)33-19-6-9-25(18(2)12-19)36-20-7-8-24-22(13-20)32-17-34(24)3/h6-9,12-17,28H,4-5,10-11H2,1-3H3,(H,30,31,33). The number of imidazole rings is 1. The summed E-state index contributed by atoms with van der Waals surface area (Å²) in [6, 6.07) is 13.7. The van der Waals surface area contributed by atoms with E-state index in [1.54, 1.807) is 12.5 Å². The number of rotatable bonds is 10. The first kappa shape index (κ1) is 23.5. The van der Waals surface area contributed by atoms with E-state index in [9.17, 15) is 0 Å². The number of nitrogens with zero attached hydrogens (tertiary/aromatic N) is 5. The predicted octanol–water partition coefficient (Wildman–Crippen LogP) is 5.13. The van der Waals surface area contributed by atoms with Crippen LogP contribution in [0.25, 0.3) is 22.1 Å². The lowest BCUT2D eigenvalue weighted by molar-refractivity contribution is 0.308. The molecular formula is C27H29N7O2. The fraction of sp³-hybridized carbons (Fsp3) is 0.259. The van der Waals surface area contributed by atoms with Gasteiger partial charge in [0.05, 0.1) is 35.7 Å². The molecule has 0 aliphatic heterocycles. The smallest absolute Gasteiger partial charge is 0.160 e. The maximum Gasteiger partial charge on any atom is 0.160 e. The summed E-state index contributed by atoms with van der Waals surface area (Å²) >= 11 is 0. The molecular weight excluding hydrogens is 454 g/mol. The highest BCUT2D eigenvalue weighted by molar-refractivity contribution is 5.87. The summed E-state index contributed by atoms with van der Waals surface area (Å²) in [5, 5.41) is 6.65. The number of ether oxygens (including phenoxy) is 2. The normalized spacial score (nSPS) is 11.2. The number of hydrogen-bond donors (Lipinski definition) is 2. The summed E-state index contributed by atoms with van der Waals surface area (Å²) in [5.41, 5.74) is 5.23. The van der Waals surface area contributed by atoms with E-state index in [1.807, 2.05) is 61.0 Å². The first-order chi connectivity index (χ1) is 17.6. The van der Waals surface area contributed by atoms with Crippen LogP contribution in [0.4, 0.5) is 11.5 Å². The number of fused-ring (bicyclic) bond motifs is 2. The van der Waals surface area contributed by atoms with Gasteiger partial charge in [0.2, 0.25) is 0 Å². The number of aryl methyl sites for hydroxylation is 2. The molecule has 184 valence electrons. The van der Waals surface area contributed by atoms with Crippen LogP contribution in [0.3, 0.4) is 0 Å². The number of benzene rings is 2. The first-order valence-corrected chi connectivity index (χ1v) is 12.0. The fourth-order valence-corrected chi connectivity index (χ4v) is 3.94. The predicted molar refractivity (Wildman–Crippen MR) is 141 cm³/mol. The summed E-state index contributed by atoms with van der Waals surface area (Å²) < 4.78 is 13.9. The molecule has 9 heteroatoms. The molecule has 36 heavy (non-hydrogen) atoms. The Morgan fingerprint density at radius 3 is 2.69 bits per heavy atom. The lowest BCUT2D eigenvalue weighted by atomic mass is 10.2. The van der Waals surface area contributed by atoms with Crippen molar-refractivity contribution in [3.63, 3.8) is 0 Å². The second-order valence-corrected chi connectivity index (χ2v) is 8.53. The number of aromatic nitrogens is 5. The van der Waals surface area contributed by atoms with E-state index in [-0.39, 0.29) is 0 Å². The minimum Gasteiger partial charge on any atom is -0.492 e. The Kier molecular flexibility index (Phi) is 6.90. The molecule has 0 spiro atoms. The van der Waals surface area contributed by atoms with Crippen molar-refractivity contribution in [2.45, 2.75) is 20.3 Å². The highest BCUT2D eigenvalue weighted by Gasteiger charge is 2.10. The van der Waals surface area contributed by atoms with E-state index in [2.05, 4.69) is 37.5 Å².